The fourth-order valence-corrected chi connectivity index (χ4v) is 4.68. The molecule has 0 N–H and O–H groups in total. The number of hydrogen-bond acceptors (Lipinski definition) is 6. The van der Waals surface area contributed by atoms with Crippen LogP contribution in [0.1, 0.15) is 42.6 Å². The van der Waals surface area contributed by atoms with Gasteiger partial charge in [0.1, 0.15) is 0 Å². The van der Waals surface area contributed by atoms with E-state index in [0.717, 1.165) is 50.3 Å². The number of nitrogens with zero attached hydrogens (tertiary/aromatic N) is 5. The van der Waals surface area contributed by atoms with Crippen LogP contribution < -0.4 is 0 Å². The van der Waals surface area contributed by atoms with Crippen molar-refractivity contribution in [3.8, 4) is 0 Å². The molecule has 2 aliphatic heterocycles. The van der Waals surface area contributed by atoms with Crippen molar-refractivity contribution in [1.29, 1.82) is 0 Å². The van der Waals surface area contributed by atoms with Crippen LogP contribution in [0.4, 0.5) is 0 Å². The summed E-state index contributed by atoms with van der Waals surface area (Å²) >= 11 is 0. The molecule has 2 fully saturated rings. The first-order valence-electron chi connectivity index (χ1n) is 11.2. The first-order valence-corrected chi connectivity index (χ1v) is 11.2. The molecule has 8 nitrogen and oxygen atoms in total. The molecule has 2 aromatic rings. The van der Waals surface area contributed by atoms with Gasteiger partial charge >= 0.3 is 0 Å². The molecular weight excluding hydrogens is 394 g/mol. The Hall–Kier alpha value is -2.29. The zero-order valence-electron chi connectivity index (χ0n) is 18.7. The number of ether oxygens (including phenoxy) is 2. The summed E-state index contributed by atoms with van der Waals surface area (Å²) in [5.74, 6) is 0.0939. The van der Waals surface area contributed by atoms with Crippen molar-refractivity contribution in [2.45, 2.75) is 58.0 Å². The minimum atomic E-state index is -0.432. The van der Waals surface area contributed by atoms with Crippen LogP contribution in [0.25, 0.3) is 0 Å². The minimum Gasteiger partial charge on any atom is -0.382 e. The number of aromatic nitrogens is 3. The Morgan fingerprint density at radius 1 is 1.16 bits per heavy atom. The summed E-state index contributed by atoms with van der Waals surface area (Å²) in [5.41, 5.74) is 3.49. The number of hydrogen-bond donors (Lipinski definition) is 0. The summed E-state index contributed by atoms with van der Waals surface area (Å²) in [6, 6.07) is 4.16. The summed E-state index contributed by atoms with van der Waals surface area (Å²) in [6.45, 7) is 8.86. The van der Waals surface area contributed by atoms with Crippen LogP contribution in [0.3, 0.4) is 0 Å². The lowest BCUT2D eigenvalue weighted by Crippen LogP contribution is -2.64. The van der Waals surface area contributed by atoms with Gasteiger partial charge in [-0.3, -0.25) is 19.4 Å². The fraction of sp³-hybridized carbons (Fsp3) is 0.609. The standard InChI is InChI=1S/C23H33N5O3/c1-4-27-16-19(17(2)25-27)15-26-11-7-20(8-12-26)28-21(18-5-9-24-10-6-18)22(23(28)29)31-14-13-30-3/h5-6,9-10,16,20-22H,4,7-8,11-15H2,1-3H3. The topological polar surface area (TPSA) is 72.7 Å². The highest BCUT2D eigenvalue weighted by Crippen LogP contribution is 2.40. The number of likely N-dealkylation sites (tertiary alicyclic amines) is 2. The SMILES string of the molecule is CCn1cc(CN2CCC(N3C(=O)C(OCCOC)C3c3ccncc3)CC2)c(C)n1. The van der Waals surface area contributed by atoms with Crippen molar-refractivity contribution in [3.63, 3.8) is 0 Å². The molecule has 2 unspecified atom stereocenters. The van der Waals surface area contributed by atoms with E-state index < -0.39 is 6.10 Å². The van der Waals surface area contributed by atoms with E-state index in [4.69, 9.17) is 9.47 Å². The molecule has 0 aliphatic carbocycles. The maximum atomic E-state index is 13.0. The molecule has 2 aliphatic rings. The molecule has 168 valence electrons. The first kappa shape index (κ1) is 21.9. The summed E-state index contributed by atoms with van der Waals surface area (Å²) in [7, 11) is 1.64. The van der Waals surface area contributed by atoms with Crippen molar-refractivity contribution in [1.82, 2.24) is 24.6 Å². The van der Waals surface area contributed by atoms with Crippen molar-refractivity contribution >= 4 is 5.91 Å². The zero-order valence-corrected chi connectivity index (χ0v) is 18.7. The van der Waals surface area contributed by atoms with Gasteiger partial charge in [-0.2, -0.15) is 5.10 Å². The van der Waals surface area contributed by atoms with Gasteiger partial charge in [-0.1, -0.05) is 0 Å². The predicted octanol–water partition coefficient (Wildman–Crippen LogP) is 2.19. The number of pyridine rings is 1. The fourth-order valence-electron chi connectivity index (χ4n) is 4.68. The average Bonchev–Trinajstić information content (AvgIpc) is 3.15. The van der Waals surface area contributed by atoms with Gasteiger partial charge in [-0.25, -0.2) is 0 Å². The smallest absolute Gasteiger partial charge is 0.255 e. The second-order valence-electron chi connectivity index (χ2n) is 8.36. The molecule has 0 saturated carbocycles. The van der Waals surface area contributed by atoms with Crippen molar-refractivity contribution in [2.75, 3.05) is 33.4 Å². The Balaban J connectivity index is 1.39. The lowest BCUT2D eigenvalue weighted by Gasteiger charge is -2.52. The van der Waals surface area contributed by atoms with Gasteiger partial charge in [0, 0.05) is 63.5 Å². The summed E-state index contributed by atoms with van der Waals surface area (Å²) in [6.07, 6.45) is 7.23. The molecule has 2 saturated heterocycles. The molecule has 2 atom stereocenters. The predicted molar refractivity (Wildman–Crippen MR) is 116 cm³/mol. The Bertz CT molecular complexity index is 863. The van der Waals surface area contributed by atoms with E-state index in [2.05, 4.69) is 35.0 Å². The maximum Gasteiger partial charge on any atom is 0.255 e. The molecule has 8 heteroatoms. The molecule has 0 radical (unpaired) electrons. The van der Waals surface area contributed by atoms with Gasteiger partial charge in [-0.15, -0.1) is 0 Å². The van der Waals surface area contributed by atoms with Crippen LogP contribution in [0.5, 0.6) is 0 Å². The number of carbonyl (C=O) groups excluding carboxylic acids is 1. The van der Waals surface area contributed by atoms with E-state index >= 15 is 0 Å². The highest BCUT2D eigenvalue weighted by atomic mass is 16.5. The van der Waals surface area contributed by atoms with Crippen LogP contribution in [0, 0.1) is 6.92 Å². The van der Waals surface area contributed by atoms with E-state index in [1.807, 2.05) is 21.7 Å². The van der Waals surface area contributed by atoms with Crippen molar-refractivity contribution in [2.24, 2.45) is 0 Å². The van der Waals surface area contributed by atoms with Gasteiger partial charge in [-0.05, 0) is 44.4 Å². The molecule has 4 heterocycles. The van der Waals surface area contributed by atoms with Crippen LogP contribution in [-0.2, 0) is 27.4 Å². The van der Waals surface area contributed by atoms with Gasteiger partial charge in [0.05, 0.1) is 24.9 Å². The van der Waals surface area contributed by atoms with Crippen LogP contribution in [0.2, 0.25) is 0 Å². The molecule has 2 aromatic heterocycles. The highest BCUT2D eigenvalue weighted by molar-refractivity contribution is 5.89. The molecule has 4 rings (SSSR count). The Labute approximate surface area is 184 Å². The minimum absolute atomic E-state index is 0.0473. The second-order valence-corrected chi connectivity index (χ2v) is 8.36. The third-order valence-corrected chi connectivity index (χ3v) is 6.43. The number of rotatable bonds is 9. The summed E-state index contributed by atoms with van der Waals surface area (Å²) < 4.78 is 13.0. The third-order valence-electron chi connectivity index (χ3n) is 6.43. The van der Waals surface area contributed by atoms with Gasteiger partial charge in [0.25, 0.3) is 5.91 Å². The first-order chi connectivity index (χ1) is 15.1. The molecule has 31 heavy (non-hydrogen) atoms. The third kappa shape index (κ3) is 4.66. The second kappa shape index (κ2) is 9.89. The van der Waals surface area contributed by atoms with E-state index in [9.17, 15) is 4.79 Å². The normalized spacial score (nSPS) is 22.7. The van der Waals surface area contributed by atoms with Crippen molar-refractivity contribution in [3.05, 3.63) is 47.5 Å². The van der Waals surface area contributed by atoms with Crippen LogP contribution >= 0.6 is 0 Å². The number of piperidine rings is 1. The molecule has 1 amide bonds. The van der Waals surface area contributed by atoms with Gasteiger partial charge < -0.3 is 14.4 Å². The number of amides is 1. The van der Waals surface area contributed by atoms with Gasteiger partial charge in [0.2, 0.25) is 0 Å². The summed E-state index contributed by atoms with van der Waals surface area (Å²) in [5, 5.41) is 4.56. The molecule has 0 bridgehead atoms. The Morgan fingerprint density at radius 2 is 1.90 bits per heavy atom. The maximum absolute atomic E-state index is 13.0. The highest BCUT2D eigenvalue weighted by Gasteiger charge is 2.52. The summed E-state index contributed by atoms with van der Waals surface area (Å²) in [4.78, 5) is 21.7. The molecule has 0 aromatic carbocycles. The monoisotopic (exact) mass is 427 g/mol. The number of β-lactam (4-membered cyclic amide) rings is 1. The van der Waals surface area contributed by atoms with E-state index in [1.165, 1.54) is 5.56 Å². The quantitative estimate of drug-likeness (QED) is 0.451. The lowest BCUT2D eigenvalue weighted by molar-refractivity contribution is -0.184. The van der Waals surface area contributed by atoms with E-state index in [-0.39, 0.29) is 18.0 Å². The lowest BCUT2D eigenvalue weighted by atomic mass is 9.86. The number of carbonyl (C=O) groups is 1. The van der Waals surface area contributed by atoms with Gasteiger partial charge in [0.15, 0.2) is 6.10 Å². The van der Waals surface area contributed by atoms with Crippen LogP contribution in [-0.4, -0.2) is 76.0 Å². The Morgan fingerprint density at radius 3 is 2.55 bits per heavy atom. The van der Waals surface area contributed by atoms with E-state index in [1.54, 1.807) is 19.5 Å². The zero-order chi connectivity index (χ0) is 21.8. The number of methoxy groups -OCH3 is 1. The molecular formula is C23H33N5O3. The number of aryl methyl sites for hydroxylation is 2. The average molecular weight is 428 g/mol. The molecule has 0 spiro atoms. The van der Waals surface area contributed by atoms with Crippen molar-refractivity contribution < 1.29 is 14.3 Å². The van der Waals surface area contributed by atoms with Crippen LogP contribution in [0.15, 0.2) is 30.7 Å². The Kier molecular flexibility index (Phi) is 6.99. The largest absolute Gasteiger partial charge is 0.382 e. The van der Waals surface area contributed by atoms with E-state index in [0.29, 0.717) is 13.2 Å².